The van der Waals surface area contributed by atoms with Gasteiger partial charge in [-0.25, -0.2) is 0 Å². The largest absolute Gasteiger partial charge is 0.394 e. The first-order valence-corrected chi connectivity index (χ1v) is 32.5. The standard InChI is InChI=1S/C65H129NO4/c1-3-5-7-9-11-13-15-17-19-21-22-23-24-25-26-27-28-29-30-31-32-33-34-35-36-37-38-39-40-41-42-44-46-48-50-52-54-56-58-60-64(69)66-62(61-67)65(70)63(68)59-57-55-53-51-49-47-45-43-20-18-16-14-12-10-8-6-4-2/h51,53,62-63,65,67-68,70H,3-50,52,54-61H2,1-2H3,(H,66,69)/b53-51+. The smallest absolute Gasteiger partial charge is 0.220 e. The molecule has 0 aromatic carbocycles. The predicted molar refractivity (Wildman–Crippen MR) is 310 cm³/mol. The van der Waals surface area contributed by atoms with E-state index in [-0.39, 0.29) is 12.5 Å². The van der Waals surface area contributed by atoms with Crippen molar-refractivity contribution < 1.29 is 20.1 Å². The van der Waals surface area contributed by atoms with Gasteiger partial charge in [0.05, 0.1) is 18.8 Å². The summed E-state index contributed by atoms with van der Waals surface area (Å²) in [5.41, 5.74) is 0. The van der Waals surface area contributed by atoms with Crippen LogP contribution in [0.15, 0.2) is 12.2 Å². The van der Waals surface area contributed by atoms with Gasteiger partial charge in [-0.05, 0) is 38.5 Å². The van der Waals surface area contributed by atoms with Crippen LogP contribution in [0.3, 0.4) is 0 Å². The Morgan fingerprint density at radius 2 is 0.571 bits per heavy atom. The van der Waals surface area contributed by atoms with Gasteiger partial charge >= 0.3 is 0 Å². The molecule has 0 aliphatic rings. The molecule has 0 saturated carbocycles. The lowest BCUT2D eigenvalue weighted by molar-refractivity contribution is -0.124. The highest BCUT2D eigenvalue weighted by Crippen LogP contribution is 2.19. The van der Waals surface area contributed by atoms with Crippen LogP contribution >= 0.6 is 0 Å². The third-order valence-electron chi connectivity index (χ3n) is 15.6. The lowest BCUT2D eigenvalue weighted by Gasteiger charge is -2.26. The molecule has 4 N–H and O–H groups in total. The number of hydrogen-bond donors (Lipinski definition) is 4. The molecule has 3 atom stereocenters. The van der Waals surface area contributed by atoms with Crippen LogP contribution in [-0.4, -0.2) is 46.1 Å². The summed E-state index contributed by atoms with van der Waals surface area (Å²) < 4.78 is 0. The summed E-state index contributed by atoms with van der Waals surface area (Å²) in [6, 6.07) is -0.823. The Hall–Kier alpha value is -0.910. The second-order valence-electron chi connectivity index (χ2n) is 22.7. The first kappa shape index (κ1) is 69.1. The molecule has 5 nitrogen and oxygen atoms in total. The molecule has 0 aromatic rings. The Morgan fingerprint density at radius 3 is 0.829 bits per heavy atom. The van der Waals surface area contributed by atoms with E-state index >= 15 is 0 Å². The van der Waals surface area contributed by atoms with Gasteiger partial charge in [-0.15, -0.1) is 0 Å². The third kappa shape index (κ3) is 54.9. The number of carbonyl (C=O) groups excluding carboxylic acids is 1. The molecule has 0 fully saturated rings. The summed E-state index contributed by atoms with van der Waals surface area (Å²) >= 11 is 0. The summed E-state index contributed by atoms with van der Waals surface area (Å²) in [4.78, 5) is 12.5. The maximum atomic E-state index is 12.5. The molecule has 0 aliphatic carbocycles. The van der Waals surface area contributed by atoms with Crippen LogP contribution in [0, 0.1) is 0 Å². The summed E-state index contributed by atoms with van der Waals surface area (Å²) in [7, 11) is 0. The molecule has 0 rings (SSSR count). The van der Waals surface area contributed by atoms with Gasteiger partial charge in [0.2, 0.25) is 5.91 Å². The first-order chi connectivity index (χ1) is 34.6. The number of rotatable bonds is 61. The molecule has 70 heavy (non-hydrogen) atoms. The average Bonchev–Trinajstić information content (AvgIpc) is 3.36. The van der Waals surface area contributed by atoms with Gasteiger partial charge in [0.25, 0.3) is 0 Å². The maximum Gasteiger partial charge on any atom is 0.220 e. The van der Waals surface area contributed by atoms with Crippen molar-refractivity contribution in [3.8, 4) is 0 Å². The zero-order chi connectivity index (χ0) is 50.7. The molecule has 0 heterocycles. The van der Waals surface area contributed by atoms with Gasteiger partial charge < -0.3 is 20.6 Å². The van der Waals surface area contributed by atoms with E-state index in [0.29, 0.717) is 12.8 Å². The highest BCUT2D eigenvalue weighted by atomic mass is 16.3. The van der Waals surface area contributed by atoms with Gasteiger partial charge in [0.15, 0.2) is 0 Å². The van der Waals surface area contributed by atoms with Crippen molar-refractivity contribution in [1.82, 2.24) is 5.32 Å². The minimum absolute atomic E-state index is 0.146. The predicted octanol–water partition coefficient (Wildman–Crippen LogP) is 20.6. The van der Waals surface area contributed by atoms with Gasteiger partial charge in [0.1, 0.15) is 6.10 Å². The van der Waals surface area contributed by atoms with Crippen molar-refractivity contribution in [3.05, 3.63) is 12.2 Å². The number of amides is 1. The third-order valence-corrected chi connectivity index (χ3v) is 15.6. The van der Waals surface area contributed by atoms with Crippen molar-refractivity contribution in [3.63, 3.8) is 0 Å². The molecule has 0 spiro atoms. The van der Waals surface area contributed by atoms with Crippen LogP contribution in [0.2, 0.25) is 0 Å². The van der Waals surface area contributed by atoms with E-state index in [1.165, 1.54) is 308 Å². The normalized spacial score (nSPS) is 13.2. The van der Waals surface area contributed by atoms with Gasteiger partial charge in [-0.3, -0.25) is 4.79 Å². The van der Waals surface area contributed by atoms with E-state index in [1.807, 2.05) is 0 Å². The number of aliphatic hydroxyl groups is 3. The minimum atomic E-state index is -1.16. The fraction of sp³-hybridized carbons (Fsp3) is 0.954. The molecule has 3 unspecified atom stereocenters. The molecular formula is C65H129NO4. The van der Waals surface area contributed by atoms with Crippen LogP contribution in [0.4, 0.5) is 0 Å². The van der Waals surface area contributed by atoms with Gasteiger partial charge in [0, 0.05) is 6.42 Å². The Bertz CT molecular complexity index is 1000. The Balaban J connectivity index is 3.41. The van der Waals surface area contributed by atoms with Gasteiger partial charge in [-0.1, -0.05) is 341 Å². The second kappa shape index (κ2) is 60.6. The number of aliphatic hydroxyl groups excluding tert-OH is 3. The highest BCUT2D eigenvalue weighted by molar-refractivity contribution is 5.76. The molecule has 5 heteroatoms. The number of allylic oxidation sites excluding steroid dienone is 2. The molecular weight excluding hydrogens is 859 g/mol. The summed E-state index contributed by atoms with van der Waals surface area (Å²) in [5.74, 6) is -0.146. The zero-order valence-electron chi connectivity index (χ0n) is 47.9. The van der Waals surface area contributed by atoms with E-state index in [4.69, 9.17) is 0 Å². The molecule has 1 amide bonds. The fourth-order valence-corrected chi connectivity index (χ4v) is 10.6. The number of nitrogens with one attached hydrogen (secondary N) is 1. The number of carbonyl (C=O) groups is 1. The average molecular weight is 989 g/mol. The van der Waals surface area contributed by atoms with Crippen LogP contribution in [0.25, 0.3) is 0 Å². The summed E-state index contributed by atoms with van der Waals surface area (Å²) in [6.45, 7) is 4.21. The van der Waals surface area contributed by atoms with E-state index in [1.54, 1.807) is 0 Å². The van der Waals surface area contributed by atoms with E-state index in [9.17, 15) is 20.1 Å². The van der Waals surface area contributed by atoms with Crippen molar-refractivity contribution in [1.29, 1.82) is 0 Å². The molecule has 0 aliphatic heterocycles. The molecule has 0 radical (unpaired) electrons. The monoisotopic (exact) mass is 988 g/mol. The Morgan fingerprint density at radius 1 is 0.343 bits per heavy atom. The quantitative estimate of drug-likeness (QED) is 0.0361. The maximum absolute atomic E-state index is 12.5. The number of hydrogen-bond acceptors (Lipinski definition) is 4. The SMILES string of the molecule is CCCCCCCCCCCCCC/C=C/CCCC(O)C(O)C(CO)NC(=O)CCCCCCCCCCCCCCCCCCCCCCCCCCCCCCCCCCCCCCCCC. The molecule has 0 bridgehead atoms. The lowest BCUT2D eigenvalue weighted by atomic mass is 10.0. The van der Waals surface area contributed by atoms with E-state index < -0.39 is 18.2 Å². The van der Waals surface area contributed by atoms with Crippen molar-refractivity contribution in [2.24, 2.45) is 0 Å². The second-order valence-corrected chi connectivity index (χ2v) is 22.7. The topological polar surface area (TPSA) is 89.8 Å². The summed E-state index contributed by atoms with van der Waals surface area (Å²) in [6.07, 6.45) is 77.1. The molecule has 418 valence electrons. The van der Waals surface area contributed by atoms with Crippen LogP contribution in [0.5, 0.6) is 0 Å². The van der Waals surface area contributed by atoms with E-state index in [0.717, 1.165) is 38.5 Å². The van der Waals surface area contributed by atoms with Crippen LogP contribution in [0.1, 0.15) is 373 Å². The van der Waals surface area contributed by atoms with Crippen molar-refractivity contribution >= 4 is 5.91 Å². The van der Waals surface area contributed by atoms with Crippen LogP contribution < -0.4 is 5.32 Å². The van der Waals surface area contributed by atoms with Crippen molar-refractivity contribution in [2.45, 2.75) is 392 Å². The Kier molecular flexibility index (Phi) is 59.9. The first-order valence-electron chi connectivity index (χ1n) is 32.5. The van der Waals surface area contributed by atoms with Gasteiger partial charge in [-0.2, -0.15) is 0 Å². The molecule has 0 saturated heterocycles. The minimum Gasteiger partial charge on any atom is -0.394 e. The summed E-state index contributed by atoms with van der Waals surface area (Å²) in [5, 5.41) is 33.8. The molecule has 0 aromatic heterocycles. The Labute approximate surface area is 440 Å². The van der Waals surface area contributed by atoms with Crippen LogP contribution in [-0.2, 0) is 4.79 Å². The fourth-order valence-electron chi connectivity index (χ4n) is 10.6. The van der Waals surface area contributed by atoms with E-state index in [2.05, 4.69) is 31.3 Å². The number of unbranched alkanes of at least 4 members (excludes halogenated alkanes) is 51. The lowest BCUT2D eigenvalue weighted by Crippen LogP contribution is -2.50. The zero-order valence-corrected chi connectivity index (χ0v) is 47.9. The highest BCUT2D eigenvalue weighted by Gasteiger charge is 2.26. The van der Waals surface area contributed by atoms with Crippen molar-refractivity contribution in [2.75, 3.05) is 6.61 Å².